The van der Waals surface area contributed by atoms with Gasteiger partial charge in [0, 0.05) is 35.3 Å². The number of hydrogen-bond donors (Lipinski definition) is 2. The molecule has 1 aliphatic carbocycles. The molecule has 4 aromatic rings. The number of nitrogens with two attached hydrogens (primary N) is 1. The minimum absolute atomic E-state index is 0.000786. The lowest BCUT2D eigenvalue weighted by atomic mass is 9.95. The highest BCUT2D eigenvalue weighted by Gasteiger charge is 2.48. The second-order valence-corrected chi connectivity index (χ2v) is 9.26. The standard InChI is InChI=1S/C26H21F2N5O2/c1-3-16-19(27)5-4-13-8-15(34)9-17(20(13)16)22-21(28)23-18(11-30-22)24(32-25(31-23)35-2)33-12-26(29)7-6-14(33)10-26/h1,4-5,8-9,11,14,34H,6-7,10,12,29H2,2H3. The van der Waals surface area contributed by atoms with Crippen LogP contribution in [0, 0.1) is 24.0 Å². The first kappa shape index (κ1) is 21.5. The molecule has 6 rings (SSSR count). The molecule has 3 N–H and O–H groups in total. The van der Waals surface area contributed by atoms with E-state index in [4.69, 9.17) is 16.9 Å². The zero-order valence-corrected chi connectivity index (χ0v) is 18.8. The first-order valence-corrected chi connectivity index (χ1v) is 11.2. The second kappa shape index (κ2) is 7.48. The molecule has 1 saturated carbocycles. The van der Waals surface area contributed by atoms with E-state index in [1.807, 2.05) is 0 Å². The molecular formula is C26H21F2N5O2. The summed E-state index contributed by atoms with van der Waals surface area (Å²) in [6, 6.07) is 5.64. The van der Waals surface area contributed by atoms with Crippen LogP contribution in [-0.2, 0) is 0 Å². The quantitative estimate of drug-likeness (QED) is 0.436. The zero-order chi connectivity index (χ0) is 24.5. The van der Waals surface area contributed by atoms with Gasteiger partial charge in [0.05, 0.1) is 18.1 Å². The van der Waals surface area contributed by atoms with E-state index in [1.54, 1.807) is 0 Å². The Morgan fingerprint density at radius 2 is 2.11 bits per heavy atom. The van der Waals surface area contributed by atoms with Crippen LogP contribution in [0.5, 0.6) is 11.8 Å². The Labute approximate surface area is 199 Å². The van der Waals surface area contributed by atoms with E-state index in [9.17, 15) is 9.50 Å². The van der Waals surface area contributed by atoms with Crippen LogP contribution in [0.15, 0.2) is 30.5 Å². The van der Waals surface area contributed by atoms with Crippen molar-refractivity contribution >= 4 is 27.5 Å². The zero-order valence-electron chi connectivity index (χ0n) is 18.8. The number of piperidine rings is 1. The number of pyridine rings is 1. The van der Waals surface area contributed by atoms with E-state index in [0.29, 0.717) is 23.1 Å². The van der Waals surface area contributed by atoms with Gasteiger partial charge in [0.25, 0.3) is 0 Å². The monoisotopic (exact) mass is 473 g/mol. The molecule has 2 aromatic heterocycles. The number of nitrogens with zero attached hydrogens (tertiary/aromatic N) is 4. The minimum Gasteiger partial charge on any atom is -0.508 e. The number of phenols is 1. The predicted octanol–water partition coefficient (Wildman–Crippen LogP) is 3.89. The van der Waals surface area contributed by atoms with Crippen molar-refractivity contribution in [1.29, 1.82) is 0 Å². The van der Waals surface area contributed by atoms with Crippen molar-refractivity contribution in [2.24, 2.45) is 5.73 Å². The molecule has 7 nitrogen and oxygen atoms in total. The SMILES string of the molecule is C#Cc1c(F)ccc2cc(O)cc(-c3ncc4c(N5CC6(N)CCC5C6)nc(OC)nc4c3F)c12. The van der Waals surface area contributed by atoms with Crippen molar-refractivity contribution in [3.8, 4) is 35.4 Å². The summed E-state index contributed by atoms with van der Waals surface area (Å²) in [6.45, 7) is 0.596. The van der Waals surface area contributed by atoms with Crippen molar-refractivity contribution in [2.75, 3.05) is 18.6 Å². The maximum Gasteiger partial charge on any atom is 0.318 e. The summed E-state index contributed by atoms with van der Waals surface area (Å²) >= 11 is 0. The lowest BCUT2D eigenvalue weighted by molar-refractivity contribution is 0.380. The fourth-order valence-electron chi connectivity index (χ4n) is 5.53. The highest BCUT2D eigenvalue weighted by molar-refractivity contribution is 6.03. The van der Waals surface area contributed by atoms with Gasteiger partial charge in [-0.25, -0.2) is 8.78 Å². The fourth-order valence-corrected chi connectivity index (χ4v) is 5.53. The largest absolute Gasteiger partial charge is 0.508 e. The van der Waals surface area contributed by atoms with Crippen molar-refractivity contribution in [3.05, 3.63) is 47.7 Å². The Hall–Kier alpha value is -4.03. The van der Waals surface area contributed by atoms with Gasteiger partial charge in [-0.05, 0) is 42.8 Å². The number of terminal acetylenes is 1. The van der Waals surface area contributed by atoms with Gasteiger partial charge in [0.15, 0.2) is 5.82 Å². The highest BCUT2D eigenvalue weighted by atomic mass is 19.1. The summed E-state index contributed by atoms with van der Waals surface area (Å²) < 4.78 is 35.9. The Morgan fingerprint density at radius 1 is 1.29 bits per heavy atom. The van der Waals surface area contributed by atoms with Gasteiger partial charge in [-0.3, -0.25) is 4.98 Å². The Morgan fingerprint density at radius 3 is 2.80 bits per heavy atom. The molecule has 176 valence electrons. The highest BCUT2D eigenvalue weighted by Crippen LogP contribution is 2.44. The molecule has 3 heterocycles. The molecule has 9 heteroatoms. The number of rotatable bonds is 3. The third-order valence-electron chi connectivity index (χ3n) is 7.09. The molecule has 1 saturated heterocycles. The van der Waals surface area contributed by atoms with Crippen molar-refractivity contribution in [1.82, 2.24) is 15.0 Å². The van der Waals surface area contributed by atoms with E-state index in [1.165, 1.54) is 37.6 Å². The summed E-state index contributed by atoms with van der Waals surface area (Å²) in [6.07, 6.45) is 9.76. The summed E-state index contributed by atoms with van der Waals surface area (Å²) in [5.74, 6) is 1.34. The van der Waals surface area contributed by atoms with E-state index >= 15 is 4.39 Å². The lowest BCUT2D eigenvalue weighted by Crippen LogP contribution is -2.45. The minimum atomic E-state index is -0.754. The molecule has 35 heavy (non-hydrogen) atoms. The van der Waals surface area contributed by atoms with Crippen LogP contribution in [0.1, 0.15) is 24.8 Å². The fraction of sp³-hybridized carbons (Fsp3) is 0.269. The van der Waals surface area contributed by atoms with Gasteiger partial charge in [-0.2, -0.15) is 9.97 Å². The summed E-state index contributed by atoms with van der Waals surface area (Å²) in [5.41, 5.74) is 6.21. The van der Waals surface area contributed by atoms with Crippen LogP contribution in [0.4, 0.5) is 14.6 Å². The molecule has 2 fully saturated rings. The van der Waals surface area contributed by atoms with Gasteiger partial charge in [-0.15, -0.1) is 6.42 Å². The lowest BCUT2D eigenvalue weighted by Gasteiger charge is -2.31. The van der Waals surface area contributed by atoms with Crippen molar-refractivity contribution in [2.45, 2.75) is 30.8 Å². The Balaban J connectivity index is 1.61. The second-order valence-electron chi connectivity index (χ2n) is 9.26. The van der Waals surface area contributed by atoms with Gasteiger partial charge in [0.1, 0.15) is 28.6 Å². The van der Waals surface area contributed by atoms with Gasteiger partial charge < -0.3 is 20.5 Å². The number of hydrogen-bond acceptors (Lipinski definition) is 7. The maximum absolute atomic E-state index is 16.1. The van der Waals surface area contributed by atoms with Gasteiger partial charge in [-0.1, -0.05) is 12.0 Å². The van der Waals surface area contributed by atoms with Gasteiger partial charge in [0.2, 0.25) is 0 Å². The number of aromatic hydroxyl groups is 1. The van der Waals surface area contributed by atoms with Crippen LogP contribution in [0.3, 0.4) is 0 Å². The van der Waals surface area contributed by atoms with Crippen LogP contribution < -0.4 is 15.4 Å². The molecule has 0 amide bonds. The number of fused-ring (bicyclic) bond motifs is 4. The number of anilines is 1. The molecular weight excluding hydrogens is 452 g/mol. The van der Waals surface area contributed by atoms with E-state index in [0.717, 1.165) is 19.3 Å². The summed E-state index contributed by atoms with van der Waals surface area (Å²) in [4.78, 5) is 15.2. The van der Waals surface area contributed by atoms with E-state index in [2.05, 4.69) is 25.8 Å². The molecule has 1 aliphatic heterocycles. The average molecular weight is 473 g/mol. The van der Waals surface area contributed by atoms with E-state index in [-0.39, 0.29) is 51.1 Å². The Bertz CT molecular complexity index is 1580. The third-order valence-corrected chi connectivity index (χ3v) is 7.09. The molecule has 0 radical (unpaired) electrons. The average Bonchev–Trinajstić information content (AvgIpc) is 3.39. The topological polar surface area (TPSA) is 97.4 Å². The Kier molecular flexibility index (Phi) is 4.60. The number of phenolic OH excluding ortho intramolecular Hbond substituents is 1. The number of benzene rings is 2. The maximum atomic E-state index is 16.1. The van der Waals surface area contributed by atoms with Crippen LogP contribution in [-0.4, -0.2) is 45.3 Å². The van der Waals surface area contributed by atoms with Crippen molar-refractivity contribution < 1.29 is 18.6 Å². The number of aromatic nitrogens is 3. The van der Waals surface area contributed by atoms with E-state index < -0.39 is 11.6 Å². The molecule has 2 aromatic carbocycles. The molecule has 2 unspecified atom stereocenters. The van der Waals surface area contributed by atoms with Crippen molar-refractivity contribution in [3.63, 3.8) is 0 Å². The first-order valence-electron chi connectivity index (χ1n) is 11.2. The normalized spacial score (nSPS) is 21.1. The molecule has 2 aliphatic rings. The summed E-state index contributed by atoms with van der Waals surface area (Å²) in [7, 11) is 1.41. The van der Waals surface area contributed by atoms with Crippen LogP contribution >= 0.6 is 0 Å². The molecule has 0 spiro atoms. The van der Waals surface area contributed by atoms with Gasteiger partial charge >= 0.3 is 6.01 Å². The van der Waals surface area contributed by atoms with Crippen LogP contribution in [0.2, 0.25) is 0 Å². The number of methoxy groups -OCH3 is 1. The first-order chi connectivity index (χ1) is 16.8. The number of ether oxygens (including phenoxy) is 1. The molecule has 2 bridgehead atoms. The smallest absolute Gasteiger partial charge is 0.318 e. The third kappa shape index (κ3) is 3.17. The molecule has 2 atom stereocenters. The summed E-state index contributed by atoms with van der Waals surface area (Å²) in [5, 5.41) is 11.5. The van der Waals surface area contributed by atoms with Crippen LogP contribution in [0.25, 0.3) is 32.9 Å². The number of halogens is 2. The predicted molar refractivity (Wildman–Crippen MR) is 128 cm³/mol.